The average molecular weight is 326 g/mol. The molecule has 1 amide bonds. The molecule has 0 saturated carbocycles. The number of benzene rings is 2. The van der Waals surface area contributed by atoms with E-state index in [1.165, 1.54) is 17.7 Å². The highest BCUT2D eigenvalue weighted by Crippen LogP contribution is 2.26. The largest absolute Gasteiger partial charge is 0.333 e. The minimum Gasteiger partial charge on any atom is -0.333 e. The van der Waals surface area contributed by atoms with Gasteiger partial charge in [-0.25, -0.2) is 4.39 Å². The Morgan fingerprint density at radius 2 is 2.04 bits per heavy atom. The lowest BCUT2D eigenvalue weighted by Crippen LogP contribution is -2.48. The van der Waals surface area contributed by atoms with E-state index >= 15 is 0 Å². The van der Waals surface area contributed by atoms with Crippen LogP contribution in [0.15, 0.2) is 54.6 Å². The van der Waals surface area contributed by atoms with Gasteiger partial charge < -0.3 is 10.2 Å². The van der Waals surface area contributed by atoms with Crippen molar-refractivity contribution in [1.29, 1.82) is 0 Å². The second-order valence-corrected chi connectivity index (χ2v) is 6.38. The maximum atomic E-state index is 13.6. The summed E-state index contributed by atoms with van der Waals surface area (Å²) in [5.41, 5.74) is 2.02. The first-order valence-electron chi connectivity index (χ1n) is 8.46. The zero-order valence-corrected chi connectivity index (χ0v) is 13.9. The minimum atomic E-state index is -0.261. The van der Waals surface area contributed by atoms with Gasteiger partial charge in [-0.1, -0.05) is 49.4 Å². The first-order chi connectivity index (χ1) is 11.6. The van der Waals surface area contributed by atoms with E-state index in [4.69, 9.17) is 0 Å². The number of hydrogen-bond donors (Lipinski definition) is 1. The first-order valence-corrected chi connectivity index (χ1v) is 8.46. The molecule has 4 heteroatoms. The van der Waals surface area contributed by atoms with Gasteiger partial charge in [0.15, 0.2) is 0 Å². The lowest BCUT2D eigenvalue weighted by molar-refractivity contribution is -0.134. The molecule has 0 aromatic heterocycles. The standard InChI is InChI=1S/C20H23FN2O/c1-15(16-6-3-2-4-7-16)12-20(24)23-11-10-22-14-19(23)17-8-5-9-18(21)13-17/h2-9,13,15,19,22H,10-12,14H2,1H3. The number of hydrogen-bond acceptors (Lipinski definition) is 2. The molecular formula is C20H23FN2O. The fourth-order valence-electron chi connectivity index (χ4n) is 3.29. The molecule has 0 spiro atoms. The fraction of sp³-hybridized carbons (Fsp3) is 0.350. The predicted octanol–water partition coefficient (Wildman–Crippen LogP) is 3.49. The number of rotatable bonds is 4. The molecule has 1 aliphatic rings. The third-order valence-electron chi connectivity index (χ3n) is 4.65. The molecule has 1 fully saturated rings. The van der Waals surface area contributed by atoms with Gasteiger partial charge in [0.2, 0.25) is 5.91 Å². The third-order valence-corrected chi connectivity index (χ3v) is 4.65. The van der Waals surface area contributed by atoms with Crippen LogP contribution in [0.3, 0.4) is 0 Å². The zero-order chi connectivity index (χ0) is 16.9. The predicted molar refractivity (Wildman–Crippen MR) is 93.2 cm³/mol. The van der Waals surface area contributed by atoms with Crippen LogP contribution in [0.2, 0.25) is 0 Å². The number of halogens is 1. The Morgan fingerprint density at radius 3 is 2.79 bits per heavy atom. The molecule has 24 heavy (non-hydrogen) atoms. The van der Waals surface area contributed by atoms with Crippen molar-refractivity contribution in [2.45, 2.75) is 25.3 Å². The molecule has 1 saturated heterocycles. The SMILES string of the molecule is CC(CC(=O)N1CCNCC1c1cccc(F)c1)c1ccccc1. The highest BCUT2D eigenvalue weighted by atomic mass is 19.1. The van der Waals surface area contributed by atoms with Gasteiger partial charge in [-0.15, -0.1) is 0 Å². The van der Waals surface area contributed by atoms with Crippen LogP contribution in [-0.2, 0) is 4.79 Å². The average Bonchev–Trinajstić information content (AvgIpc) is 2.62. The van der Waals surface area contributed by atoms with E-state index in [2.05, 4.69) is 24.4 Å². The summed E-state index contributed by atoms with van der Waals surface area (Å²) >= 11 is 0. The summed E-state index contributed by atoms with van der Waals surface area (Å²) in [6, 6.07) is 16.5. The number of piperazine rings is 1. The number of nitrogens with zero attached hydrogens (tertiary/aromatic N) is 1. The van der Waals surface area contributed by atoms with Gasteiger partial charge in [-0.3, -0.25) is 4.79 Å². The van der Waals surface area contributed by atoms with Crippen molar-refractivity contribution in [2.75, 3.05) is 19.6 Å². The van der Waals surface area contributed by atoms with Crippen LogP contribution >= 0.6 is 0 Å². The second-order valence-electron chi connectivity index (χ2n) is 6.38. The lowest BCUT2D eigenvalue weighted by atomic mass is 9.96. The monoisotopic (exact) mass is 326 g/mol. The van der Waals surface area contributed by atoms with Crippen molar-refractivity contribution in [3.63, 3.8) is 0 Å². The summed E-state index contributed by atoms with van der Waals surface area (Å²) in [5, 5.41) is 3.31. The van der Waals surface area contributed by atoms with E-state index in [1.807, 2.05) is 29.2 Å². The van der Waals surface area contributed by atoms with Gasteiger partial charge in [-0.05, 0) is 29.2 Å². The molecule has 0 aliphatic carbocycles. The highest BCUT2D eigenvalue weighted by Gasteiger charge is 2.28. The molecule has 3 rings (SSSR count). The van der Waals surface area contributed by atoms with E-state index in [9.17, 15) is 9.18 Å². The zero-order valence-electron chi connectivity index (χ0n) is 13.9. The maximum absolute atomic E-state index is 13.6. The van der Waals surface area contributed by atoms with Crippen LogP contribution in [0.5, 0.6) is 0 Å². The van der Waals surface area contributed by atoms with Gasteiger partial charge in [0.25, 0.3) is 0 Å². The molecule has 2 aromatic carbocycles. The van der Waals surface area contributed by atoms with E-state index in [1.54, 1.807) is 6.07 Å². The Hall–Kier alpha value is -2.20. The van der Waals surface area contributed by atoms with Crippen LogP contribution in [0, 0.1) is 5.82 Å². The lowest BCUT2D eigenvalue weighted by Gasteiger charge is -2.37. The van der Waals surface area contributed by atoms with Crippen molar-refractivity contribution in [3.8, 4) is 0 Å². The molecule has 1 aliphatic heterocycles. The molecule has 2 aromatic rings. The molecule has 3 nitrogen and oxygen atoms in total. The summed E-state index contributed by atoms with van der Waals surface area (Å²) in [6.45, 7) is 4.17. The Labute approximate surface area is 142 Å². The number of carbonyl (C=O) groups excluding carboxylic acids is 1. The Bertz CT molecular complexity index is 689. The van der Waals surface area contributed by atoms with E-state index in [-0.39, 0.29) is 23.7 Å². The van der Waals surface area contributed by atoms with Crippen molar-refractivity contribution in [2.24, 2.45) is 0 Å². The van der Waals surface area contributed by atoms with Gasteiger partial charge >= 0.3 is 0 Å². The third kappa shape index (κ3) is 3.82. The molecule has 0 radical (unpaired) electrons. The summed E-state index contributed by atoms with van der Waals surface area (Å²) in [7, 11) is 0. The van der Waals surface area contributed by atoms with Gasteiger partial charge in [0, 0.05) is 26.1 Å². The summed E-state index contributed by atoms with van der Waals surface area (Å²) in [5.74, 6) is 0.0342. The number of nitrogens with one attached hydrogen (secondary N) is 1. The van der Waals surface area contributed by atoms with Crippen molar-refractivity contribution in [1.82, 2.24) is 10.2 Å². The smallest absolute Gasteiger partial charge is 0.223 e. The van der Waals surface area contributed by atoms with Gasteiger partial charge in [0.05, 0.1) is 6.04 Å². The Morgan fingerprint density at radius 1 is 1.25 bits per heavy atom. The topological polar surface area (TPSA) is 32.3 Å². The molecule has 0 bridgehead atoms. The first kappa shape index (κ1) is 16.7. The molecule has 1 N–H and O–H groups in total. The van der Waals surface area contributed by atoms with Crippen LogP contribution in [0.25, 0.3) is 0 Å². The molecular weight excluding hydrogens is 303 g/mol. The number of amides is 1. The quantitative estimate of drug-likeness (QED) is 0.933. The van der Waals surface area contributed by atoms with Crippen molar-refractivity contribution < 1.29 is 9.18 Å². The molecule has 2 unspecified atom stereocenters. The van der Waals surface area contributed by atoms with Crippen molar-refractivity contribution >= 4 is 5.91 Å². The van der Waals surface area contributed by atoms with Crippen molar-refractivity contribution in [3.05, 3.63) is 71.5 Å². The molecule has 1 heterocycles. The minimum absolute atomic E-state index is 0.107. The molecule has 2 atom stereocenters. The summed E-state index contributed by atoms with van der Waals surface area (Å²) in [6.07, 6.45) is 0.468. The summed E-state index contributed by atoms with van der Waals surface area (Å²) in [4.78, 5) is 14.7. The van der Waals surface area contributed by atoms with Crippen LogP contribution in [0.1, 0.15) is 36.4 Å². The van der Waals surface area contributed by atoms with Crippen LogP contribution < -0.4 is 5.32 Å². The van der Waals surface area contributed by atoms with E-state index < -0.39 is 0 Å². The van der Waals surface area contributed by atoms with E-state index in [0.29, 0.717) is 19.5 Å². The van der Waals surface area contributed by atoms with E-state index in [0.717, 1.165) is 12.1 Å². The van der Waals surface area contributed by atoms with Crippen LogP contribution in [0.4, 0.5) is 4.39 Å². The Kier molecular flexibility index (Phi) is 5.26. The normalized spacial score (nSPS) is 19.1. The van der Waals surface area contributed by atoms with Crippen LogP contribution in [-0.4, -0.2) is 30.4 Å². The molecule has 126 valence electrons. The number of carbonyl (C=O) groups is 1. The fourth-order valence-corrected chi connectivity index (χ4v) is 3.29. The van der Waals surface area contributed by atoms with Gasteiger partial charge in [-0.2, -0.15) is 0 Å². The summed E-state index contributed by atoms with van der Waals surface area (Å²) < 4.78 is 13.6. The van der Waals surface area contributed by atoms with Gasteiger partial charge in [0.1, 0.15) is 5.82 Å². The Balaban J connectivity index is 1.74. The second kappa shape index (κ2) is 7.58. The highest BCUT2D eigenvalue weighted by molar-refractivity contribution is 5.77. The maximum Gasteiger partial charge on any atom is 0.223 e.